The molecule has 4 rings (SSSR count). The molecule has 1 unspecified atom stereocenters. The Hall–Kier alpha value is -2.31. The summed E-state index contributed by atoms with van der Waals surface area (Å²) in [6, 6.07) is 5.96. The second-order valence-corrected chi connectivity index (χ2v) is 9.02. The zero-order valence-corrected chi connectivity index (χ0v) is 19.0. The summed E-state index contributed by atoms with van der Waals surface area (Å²) in [5, 5.41) is 0.558. The monoisotopic (exact) mass is 428 g/mol. The maximum Gasteiger partial charge on any atom is 0.255 e. The van der Waals surface area contributed by atoms with Crippen LogP contribution in [0, 0.1) is 13.8 Å². The van der Waals surface area contributed by atoms with Crippen LogP contribution in [0.25, 0.3) is 0 Å². The molecule has 2 aromatic rings. The molecule has 1 atom stereocenters. The fourth-order valence-electron chi connectivity index (χ4n) is 4.83. The summed E-state index contributed by atoms with van der Waals surface area (Å²) in [5.41, 5.74) is 4.87. The summed E-state index contributed by atoms with van der Waals surface area (Å²) < 4.78 is 0. The maximum atomic E-state index is 13.6. The number of rotatable bonds is 4. The third-order valence-corrected chi connectivity index (χ3v) is 6.74. The van der Waals surface area contributed by atoms with Gasteiger partial charge < -0.3 is 19.7 Å². The Bertz CT molecular complexity index is 1060. The van der Waals surface area contributed by atoms with Crippen molar-refractivity contribution in [2.45, 2.75) is 46.3 Å². The Balaban J connectivity index is 1.69. The molecule has 6 nitrogen and oxygen atoms in total. The lowest BCUT2D eigenvalue weighted by atomic mass is 10.0. The van der Waals surface area contributed by atoms with Crippen LogP contribution in [0.15, 0.2) is 23.0 Å². The molecule has 1 aromatic carbocycles. The van der Waals surface area contributed by atoms with E-state index in [0.717, 1.165) is 42.1 Å². The lowest BCUT2D eigenvalue weighted by Crippen LogP contribution is -2.58. The molecule has 0 radical (unpaired) electrons. The molecular formula is C23H29ClN4O2. The van der Waals surface area contributed by atoms with Gasteiger partial charge in [0.05, 0.1) is 18.6 Å². The molecule has 7 heteroatoms. The van der Waals surface area contributed by atoms with Gasteiger partial charge in [-0.1, -0.05) is 11.6 Å². The Morgan fingerprint density at radius 3 is 2.60 bits per heavy atom. The number of amides is 1. The molecule has 1 saturated heterocycles. The van der Waals surface area contributed by atoms with Gasteiger partial charge >= 0.3 is 0 Å². The minimum absolute atomic E-state index is 0.0845. The SMILES string of the molecule is CCN(c1cc(Cl)cc(C(=O)N2Cc3c(cc(C)[nH]c3=O)C2C)c1C)C1CN(C)C1. The van der Waals surface area contributed by atoms with Gasteiger partial charge in [-0.05, 0) is 64.1 Å². The number of nitrogens with one attached hydrogen (secondary N) is 1. The standard InChI is InChI=1S/C23H29ClN4O2/c1-6-27(17-10-26(5)11-17)21-9-16(24)8-18(14(21)3)23(30)28-12-20-19(15(28)4)7-13(2)25-22(20)29/h7-9,15,17H,6,10-12H2,1-5H3,(H,25,29). The summed E-state index contributed by atoms with van der Waals surface area (Å²) in [7, 11) is 2.11. The van der Waals surface area contributed by atoms with Gasteiger partial charge in [0, 0.05) is 47.2 Å². The number of halogens is 1. The van der Waals surface area contributed by atoms with E-state index in [0.29, 0.717) is 28.7 Å². The molecule has 1 aromatic heterocycles. The summed E-state index contributed by atoms with van der Waals surface area (Å²) >= 11 is 6.48. The van der Waals surface area contributed by atoms with Gasteiger partial charge in [-0.3, -0.25) is 9.59 Å². The number of hydrogen-bond donors (Lipinski definition) is 1. The third kappa shape index (κ3) is 3.42. The average molecular weight is 429 g/mol. The van der Waals surface area contributed by atoms with Crippen molar-refractivity contribution in [3.8, 4) is 0 Å². The minimum Gasteiger partial charge on any atom is -0.366 e. The highest BCUT2D eigenvalue weighted by molar-refractivity contribution is 6.31. The molecule has 1 amide bonds. The molecular weight excluding hydrogens is 400 g/mol. The van der Waals surface area contributed by atoms with Crippen molar-refractivity contribution in [3.63, 3.8) is 0 Å². The average Bonchev–Trinajstić information content (AvgIpc) is 2.99. The topological polar surface area (TPSA) is 59.7 Å². The lowest BCUT2D eigenvalue weighted by molar-refractivity contribution is 0.0704. The molecule has 0 bridgehead atoms. The predicted octanol–water partition coefficient (Wildman–Crippen LogP) is 3.50. The number of H-pyrrole nitrogens is 1. The van der Waals surface area contributed by atoms with Crippen LogP contribution in [0.5, 0.6) is 0 Å². The highest BCUT2D eigenvalue weighted by Crippen LogP contribution is 2.36. The summed E-state index contributed by atoms with van der Waals surface area (Å²) in [6.07, 6.45) is 0. The maximum absolute atomic E-state index is 13.6. The van der Waals surface area contributed by atoms with Gasteiger partial charge in [-0.2, -0.15) is 0 Å². The highest BCUT2D eigenvalue weighted by Gasteiger charge is 2.35. The van der Waals surface area contributed by atoms with E-state index in [4.69, 9.17) is 11.6 Å². The summed E-state index contributed by atoms with van der Waals surface area (Å²) in [6.45, 7) is 11.1. The molecule has 0 aliphatic carbocycles. The molecule has 1 N–H and O–H groups in total. The Labute approximate surface area is 182 Å². The number of carbonyl (C=O) groups excluding carboxylic acids is 1. The molecule has 0 spiro atoms. The third-order valence-electron chi connectivity index (χ3n) is 6.52. The van der Waals surface area contributed by atoms with Crippen molar-refractivity contribution >= 4 is 23.2 Å². The van der Waals surface area contributed by atoms with E-state index in [-0.39, 0.29) is 17.5 Å². The molecule has 2 aliphatic heterocycles. The van der Waals surface area contributed by atoms with Gasteiger partial charge in [0.1, 0.15) is 0 Å². The van der Waals surface area contributed by atoms with Crippen LogP contribution in [-0.4, -0.2) is 53.4 Å². The van der Waals surface area contributed by atoms with Gasteiger partial charge in [0.2, 0.25) is 0 Å². The first-order chi connectivity index (χ1) is 14.2. The van der Waals surface area contributed by atoms with E-state index in [2.05, 4.69) is 28.8 Å². The second-order valence-electron chi connectivity index (χ2n) is 8.58. The number of likely N-dealkylation sites (N-methyl/N-ethyl adjacent to an activating group) is 2. The van der Waals surface area contributed by atoms with Crippen LogP contribution in [0.2, 0.25) is 5.02 Å². The largest absolute Gasteiger partial charge is 0.366 e. The van der Waals surface area contributed by atoms with Crippen LogP contribution < -0.4 is 10.5 Å². The number of aromatic nitrogens is 1. The zero-order valence-electron chi connectivity index (χ0n) is 18.3. The van der Waals surface area contributed by atoms with Crippen LogP contribution >= 0.6 is 11.6 Å². The quantitative estimate of drug-likeness (QED) is 0.809. The van der Waals surface area contributed by atoms with E-state index in [1.165, 1.54) is 0 Å². The van der Waals surface area contributed by atoms with E-state index in [1.807, 2.05) is 32.9 Å². The van der Waals surface area contributed by atoms with Gasteiger partial charge in [0.25, 0.3) is 11.5 Å². The van der Waals surface area contributed by atoms with Crippen molar-refractivity contribution in [3.05, 3.63) is 61.5 Å². The number of carbonyl (C=O) groups is 1. The first kappa shape index (κ1) is 20.9. The van der Waals surface area contributed by atoms with Crippen molar-refractivity contribution in [2.24, 2.45) is 0 Å². The van der Waals surface area contributed by atoms with Crippen molar-refractivity contribution in [1.29, 1.82) is 0 Å². The Morgan fingerprint density at radius 2 is 1.97 bits per heavy atom. The molecule has 3 heterocycles. The Kier molecular flexibility index (Phi) is 5.41. The molecule has 30 heavy (non-hydrogen) atoms. The Morgan fingerprint density at radius 1 is 1.27 bits per heavy atom. The molecule has 160 valence electrons. The number of fused-ring (bicyclic) bond motifs is 1. The number of nitrogens with zero attached hydrogens (tertiary/aromatic N) is 3. The first-order valence-electron chi connectivity index (χ1n) is 10.5. The fraction of sp³-hybridized carbons (Fsp3) is 0.478. The number of aromatic amines is 1. The highest BCUT2D eigenvalue weighted by atomic mass is 35.5. The van der Waals surface area contributed by atoms with Crippen LogP contribution in [0.3, 0.4) is 0 Å². The van der Waals surface area contributed by atoms with E-state index in [9.17, 15) is 9.59 Å². The van der Waals surface area contributed by atoms with Crippen molar-refractivity contribution in [1.82, 2.24) is 14.8 Å². The zero-order chi connectivity index (χ0) is 21.7. The number of aryl methyl sites for hydroxylation is 1. The minimum atomic E-state index is -0.155. The van der Waals surface area contributed by atoms with E-state index in [1.54, 1.807) is 11.0 Å². The van der Waals surface area contributed by atoms with Gasteiger partial charge in [0.15, 0.2) is 0 Å². The van der Waals surface area contributed by atoms with Crippen LogP contribution in [0.4, 0.5) is 5.69 Å². The van der Waals surface area contributed by atoms with Gasteiger partial charge in [-0.25, -0.2) is 0 Å². The fourth-order valence-corrected chi connectivity index (χ4v) is 5.04. The number of benzene rings is 1. The van der Waals surface area contributed by atoms with Crippen LogP contribution in [-0.2, 0) is 6.54 Å². The number of pyridine rings is 1. The van der Waals surface area contributed by atoms with E-state index < -0.39 is 0 Å². The van der Waals surface area contributed by atoms with Crippen molar-refractivity contribution < 1.29 is 4.79 Å². The number of hydrogen-bond acceptors (Lipinski definition) is 4. The molecule has 2 aliphatic rings. The normalized spacial score (nSPS) is 19.0. The summed E-state index contributed by atoms with van der Waals surface area (Å²) in [4.78, 5) is 35.2. The van der Waals surface area contributed by atoms with Gasteiger partial charge in [-0.15, -0.1) is 0 Å². The molecule has 0 saturated carbocycles. The number of likely N-dealkylation sites (tertiary alicyclic amines) is 1. The second kappa shape index (κ2) is 7.75. The van der Waals surface area contributed by atoms with Crippen LogP contribution in [0.1, 0.15) is 52.6 Å². The predicted molar refractivity (Wildman–Crippen MR) is 121 cm³/mol. The first-order valence-corrected chi connectivity index (χ1v) is 10.9. The molecule has 1 fully saturated rings. The summed E-state index contributed by atoms with van der Waals surface area (Å²) in [5.74, 6) is -0.0845. The van der Waals surface area contributed by atoms with Crippen molar-refractivity contribution in [2.75, 3.05) is 31.6 Å². The smallest absolute Gasteiger partial charge is 0.255 e. The van der Waals surface area contributed by atoms with E-state index >= 15 is 0 Å². The lowest BCUT2D eigenvalue weighted by Gasteiger charge is -2.45. The number of anilines is 1.